The molecule has 2 aromatic rings. The minimum Gasteiger partial charge on any atom is -0.497 e. The van der Waals surface area contributed by atoms with Gasteiger partial charge in [0.15, 0.2) is 0 Å². The first-order chi connectivity index (χ1) is 12.4. The van der Waals surface area contributed by atoms with Crippen molar-refractivity contribution in [2.24, 2.45) is 0 Å². The summed E-state index contributed by atoms with van der Waals surface area (Å²) in [6, 6.07) is 7.05. The van der Waals surface area contributed by atoms with Crippen LogP contribution < -0.4 is 20.3 Å². The fourth-order valence-electron chi connectivity index (χ4n) is 2.78. The van der Waals surface area contributed by atoms with Crippen molar-refractivity contribution in [3.8, 4) is 17.6 Å². The number of hydrogen-bond acceptors (Lipinski definition) is 5. The molecule has 0 bridgehead atoms. The molecule has 0 saturated carbocycles. The van der Waals surface area contributed by atoms with Gasteiger partial charge in [-0.3, -0.25) is 9.59 Å². The number of nitriles is 1. The Balaban J connectivity index is 2.16. The molecule has 7 heteroatoms. The van der Waals surface area contributed by atoms with Gasteiger partial charge >= 0.3 is 0 Å². The summed E-state index contributed by atoms with van der Waals surface area (Å²) in [5.74, 6) is 0.925. The van der Waals surface area contributed by atoms with E-state index in [4.69, 9.17) is 14.7 Å². The van der Waals surface area contributed by atoms with Crippen LogP contribution in [0.4, 0.5) is 5.69 Å². The van der Waals surface area contributed by atoms with Gasteiger partial charge in [-0.2, -0.15) is 5.26 Å². The summed E-state index contributed by atoms with van der Waals surface area (Å²) in [5, 5.41) is 11.9. The van der Waals surface area contributed by atoms with Crippen molar-refractivity contribution >= 4 is 11.6 Å². The highest BCUT2D eigenvalue weighted by atomic mass is 16.5. The van der Waals surface area contributed by atoms with Crippen molar-refractivity contribution in [1.29, 1.82) is 5.26 Å². The van der Waals surface area contributed by atoms with Gasteiger partial charge < -0.3 is 19.8 Å². The zero-order chi connectivity index (χ0) is 19.3. The molecule has 0 fully saturated rings. The standard InChI is InChI=1S/C19H21N3O4/c1-11-14(12(2)21-19(24)15(11)10-20)6-8-18(23)22-16-9-13(25-3)5-7-17(16)26-4/h5,7,9H,6,8H2,1-4H3,(H,21,24)(H,22,23). The summed E-state index contributed by atoms with van der Waals surface area (Å²) in [6.07, 6.45) is 0.597. The maximum absolute atomic E-state index is 12.4. The van der Waals surface area contributed by atoms with Crippen LogP contribution in [-0.4, -0.2) is 25.1 Å². The molecule has 2 rings (SSSR count). The lowest BCUT2D eigenvalue weighted by molar-refractivity contribution is -0.116. The fourth-order valence-corrected chi connectivity index (χ4v) is 2.78. The maximum Gasteiger partial charge on any atom is 0.266 e. The van der Waals surface area contributed by atoms with Gasteiger partial charge in [-0.25, -0.2) is 0 Å². The van der Waals surface area contributed by atoms with Gasteiger partial charge in [-0.05, 0) is 43.5 Å². The number of hydrogen-bond donors (Lipinski definition) is 2. The van der Waals surface area contributed by atoms with Crippen LogP contribution >= 0.6 is 0 Å². The number of nitrogens with one attached hydrogen (secondary N) is 2. The van der Waals surface area contributed by atoms with Crippen LogP contribution in [0.15, 0.2) is 23.0 Å². The Kier molecular flexibility index (Phi) is 6.02. The second-order valence-electron chi connectivity index (χ2n) is 5.78. The number of methoxy groups -OCH3 is 2. The Bertz CT molecular complexity index is 926. The summed E-state index contributed by atoms with van der Waals surface area (Å²) in [6.45, 7) is 3.48. The third-order valence-electron chi connectivity index (χ3n) is 4.20. The Morgan fingerprint density at radius 3 is 2.62 bits per heavy atom. The van der Waals surface area contributed by atoms with Crippen molar-refractivity contribution in [2.75, 3.05) is 19.5 Å². The second kappa shape index (κ2) is 8.21. The van der Waals surface area contributed by atoms with Gasteiger partial charge in [0.2, 0.25) is 5.91 Å². The average Bonchev–Trinajstić information content (AvgIpc) is 2.61. The molecule has 1 aromatic heterocycles. The Morgan fingerprint density at radius 1 is 1.27 bits per heavy atom. The normalized spacial score (nSPS) is 10.1. The molecule has 0 aliphatic heterocycles. The van der Waals surface area contributed by atoms with E-state index in [0.29, 0.717) is 34.9 Å². The number of rotatable bonds is 6. The molecule has 0 unspecified atom stereocenters. The molecule has 0 spiro atoms. The molecule has 0 aliphatic carbocycles. The number of benzene rings is 1. The number of aromatic nitrogens is 1. The third-order valence-corrected chi connectivity index (χ3v) is 4.20. The SMILES string of the molecule is COc1ccc(OC)c(NC(=O)CCc2c(C)[nH]c(=O)c(C#N)c2C)c1. The van der Waals surface area contributed by atoms with E-state index >= 15 is 0 Å². The fraction of sp³-hybridized carbons (Fsp3) is 0.316. The van der Waals surface area contributed by atoms with Crippen LogP contribution in [0, 0.1) is 25.2 Å². The largest absolute Gasteiger partial charge is 0.497 e. The predicted molar refractivity (Wildman–Crippen MR) is 97.7 cm³/mol. The van der Waals surface area contributed by atoms with Crippen LogP contribution in [0.1, 0.15) is 28.8 Å². The van der Waals surface area contributed by atoms with Gasteiger partial charge in [-0.1, -0.05) is 0 Å². The first kappa shape index (κ1) is 19.1. The smallest absolute Gasteiger partial charge is 0.266 e. The monoisotopic (exact) mass is 355 g/mol. The number of carbonyl (C=O) groups is 1. The quantitative estimate of drug-likeness (QED) is 0.828. The summed E-state index contributed by atoms with van der Waals surface area (Å²) < 4.78 is 10.4. The molecular weight excluding hydrogens is 334 g/mol. The molecule has 2 N–H and O–H groups in total. The molecule has 0 aliphatic rings. The Morgan fingerprint density at radius 2 is 2.00 bits per heavy atom. The first-order valence-corrected chi connectivity index (χ1v) is 8.05. The van der Waals surface area contributed by atoms with Crippen LogP contribution in [0.5, 0.6) is 11.5 Å². The number of ether oxygens (including phenoxy) is 2. The summed E-state index contributed by atoms with van der Waals surface area (Å²) in [4.78, 5) is 26.8. The number of aryl methyl sites for hydroxylation is 1. The van der Waals surface area contributed by atoms with Gasteiger partial charge in [0.05, 0.1) is 19.9 Å². The maximum atomic E-state index is 12.4. The highest BCUT2D eigenvalue weighted by Crippen LogP contribution is 2.29. The van der Waals surface area contributed by atoms with E-state index < -0.39 is 5.56 Å². The first-order valence-electron chi connectivity index (χ1n) is 8.05. The van der Waals surface area contributed by atoms with E-state index in [1.807, 2.05) is 6.07 Å². The van der Waals surface area contributed by atoms with E-state index in [9.17, 15) is 9.59 Å². The minimum absolute atomic E-state index is 0.0838. The average molecular weight is 355 g/mol. The van der Waals surface area contributed by atoms with Crippen LogP contribution in [0.2, 0.25) is 0 Å². The molecule has 26 heavy (non-hydrogen) atoms. The molecule has 0 atom stereocenters. The van der Waals surface area contributed by atoms with E-state index in [1.54, 1.807) is 39.2 Å². The zero-order valence-corrected chi connectivity index (χ0v) is 15.2. The Hall–Kier alpha value is -3.27. The van der Waals surface area contributed by atoms with Gasteiger partial charge in [0.1, 0.15) is 23.1 Å². The molecule has 0 saturated heterocycles. The van der Waals surface area contributed by atoms with Crippen molar-refractivity contribution in [3.63, 3.8) is 0 Å². The van der Waals surface area contributed by atoms with E-state index in [0.717, 1.165) is 5.56 Å². The zero-order valence-electron chi connectivity index (χ0n) is 15.2. The molecule has 1 aromatic carbocycles. The highest BCUT2D eigenvalue weighted by molar-refractivity contribution is 5.92. The second-order valence-corrected chi connectivity index (χ2v) is 5.78. The lowest BCUT2D eigenvalue weighted by Crippen LogP contribution is -2.18. The van der Waals surface area contributed by atoms with Crippen molar-refractivity contribution in [1.82, 2.24) is 4.98 Å². The third kappa shape index (κ3) is 4.03. The van der Waals surface area contributed by atoms with Crippen molar-refractivity contribution in [2.45, 2.75) is 26.7 Å². The Labute approximate surface area is 151 Å². The molecular formula is C19H21N3O4. The summed E-state index contributed by atoms with van der Waals surface area (Å²) in [7, 11) is 3.07. The number of aromatic amines is 1. The molecule has 1 heterocycles. The van der Waals surface area contributed by atoms with Gasteiger partial charge in [0, 0.05) is 18.2 Å². The number of pyridine rings is 1. The van der Waals surface area contributed by atoms with Gasteiger partial charge in [-0.15, -0.1) is 0 Å². The molecule has 7 nitrogen and oxygen atoms in total. The number of carbonyl (C=O) groups excluding carboxylic acids is 1. The highest BCUT2D eigenvalue weighted by Gasteiger charge is 2.14. The van der Waals surface area contributed by atoms with Crippen LogP contribution in [-0.2, 0) is 11.2 Å². The van der Waals surface area contributed by atoms with Gasteiger partial charge in [0.25, 0.3) is 5.56 Å². The summed E-state index contributed by atoms with van der Waals surface area (Å²) >= 11 is 0. The molecule has 1 amide bonds. The molecule has 0 radical (unpaired) electrons. The number of anilines is 1. The number of amides is 1. The van der Waals surface area contributed by atoms with E-state index in [1.165, 1.54) is 7.11 Å². The van der Waals surface area contributed by atoms with E-state index in [-0.39, 0.29) is 17.9 Å². The minimum atomic E-state index is -0.406. The predicted octanol–water partition coefficient (Wildman–Crippen LogP) is 2.45. The lowest BCUT2D eigenvalue weighted by atomic mass is 9.99. The van der Waals surface area contributed by atoms with Crippen LogP contribution in [0.3, 0.4) is 0 Å². The number of H-pyrrole nitrogens is 1. The molecule has 136 valence electrons. The number of nitrogens with zero attached hydrogens (tertiary/aromatic N) is 1. The van der Waals surface area contributed by atoms with E-state index in [2.05, 4.69) is 10.3 Å². The van der Waals surface area contributed by atoms with Crippen molar-refractivity contribution in [3.05, 3.63) is 50.9 Å². The van der Waals surface area contributed by atoms with Crippen LogP contribution in [0.25, 0.3) is 0 Å². The topological polar surface area (TPSA) is 104 Å². The summed E-state index contributed by atoms with van der Waals surface area (Å²) in [5.41, 5.74) is 2.27. The van der Waals surface area contributed by atoms with Crippen molar-refractivity contribution < 1.29 is 14.3 Å². The lowest BCUT2D eigenvalue weighted by Gasteiger charge is -2.13.